The van der Waals surface area contributed by atoms with Crippen molar-refractivity contribution in [3.05, 3.63) is 22.3 Å². The van der Waals surface area contributed by atoms with Crippen LogP contribution >= 0.6 is 11.3 Å². The summed E-state index contributed by atoms with van der Waals surface area (Å²) >= 11 is 1.63. The third kappa shape index (κ3) is 2.48. The summed E-state index contributed by atoms with van der Waals surface area (Å²) in [6.07, 6.45) is 1.99. The normalized spacial score (nSPS) is 21.7. The lowest BCUT2D eigenvalue weighted by Crippen LogP contribution is -2.41. The van der Waals surface area contributed by atoms with Gasteiger partial charge in [-0.15, -0.1) is 11.3 Å². The van der Waals surface area contributed by atoms with Gasteiger partial charge in [-0.05, 0) is 45.2 Å². The molecule has 0 aromatic carbocycles. The maximum Gasteiger partial charge on any atom is 0.487 e. The van der Waals surface area contributed by atoms with E-state index in [1.165, 1.54) is 0 Å². The summed E-state index contributed by atoms with van der Waals surface area (Å²) in [6, 6.07) is 1.95. The average molecular weight is 266 g/mol. The molecule has 3 nitrogen and oxygen atoms in total. The van der Waals surface area contributed by atoms with Crippen molar-refractivity contribution in [3.8, 4) is 5.75 Å². The van der Waals surface area contributed by atoms with E-state index in [4.69, 9.17) is 14.0 Å². The highest BCUT2D eigenvalue weighted by Crippen LogP contribution is 2.37. The first-order valence-electron chi connectivity index (χ1n) is 6.01. The Hall–Kier alpha value is -0.775. The van der Waals surface area contributed by atoms with Crippen LogP contribution in [0.2, 0.25) is 0 Å². The van der Waals surface area contributed by atoms with Gasteiger partial charge in [-0.25, -0.2) is 0 Å². The van der Waals surface area contributed by atoms with Gasteiger partial charge in [-0.1, -0.05) is 5.98 Å². The Labute approximate surface area is 113 Å². The lowest BCUT2D eigenvalue weighted by Gasteiger charge is -2.32. The predicted octanol–water partition coefficient (Wildman–Crippen LogP) is 3.40. The van der Waals surface area contributed by atoms with E-state index in [-0.39, 0.29) is 18.3 Å². The SMILES string of the molecule is COc1ccsc1/C=C/B1OC(C)(C)C(C)(C)O1. The summed E-state index contributed by atoms with van der Waals surface area (Å²) in [6.45, 7) is 8.19. The van der Waals surface area contributed by atoms with Gasteiger partial charge >= 0.3 is 7.12 Å². The Kier molecular flexibility index (Phi) is 3.58. The van der Waals surface area contributed by atoms with Crippen LogP contribution < -0.4 is 4.74 Å². The van der Waals surface area contributed by atoms with Gasteiger partial charge in [-0.2, -0.15) is 0 Å². The molecule has 0 radical (unpaired) electrons. The zero-order chi connectivity index (χ0) is 13.4. The second-order valence-electron chi connectivity index (χ2n) is 5.34. The van der Waals surface area contributed by atoms with E-state index in [0.717, 1.165) is 10.6 Å². The van der Waals surface area contributed by atoms with Gasteiger partial charge in [0.2, 0.25) is 0 Å². The molecule has 18 heavy (non-hydrogen) atoms. The molecule has 5 heteroatoms. The first kappa shape index (κ1) is 13.7. The van der Waals surface area contributed by atoms with Crippen LogP contribution in [0.15, 0.2) is 17.4 Å². The molecule has 0 saturated carbocycles. The van der Waals surface area contributed by atoms with Crippen molar-refractivity contribution in [3.63, 3.8) is 0 Å². The number of hydrogen-bond donors (Lipinski definition) is 0. The zero-order valence-electron chi connectivity index (χ0n) is 11.5. The summed E-state index contributed by atoms with van der Waals surface area (Å²) in [5.41, 5.74) is -0.580. The van der Waals surface area contributed by atoms with Crippen molar-refractivity contribution in [2.45, 2.75) is 38.9 Å². The second-order valence-corrected chi connectivity index (χ2v) is 6.28. The van der Waals surface area contributed by atoms with Crippen molar-refractivity contribution >= 4 is 24.5 Å². The highest BCUT2D eigenvalue weighted by Gasteiger charge is 2.50. The van der Waals surface area contributed by atoms with Gasteiger partial charge in [-0.3, -0.25) is 0 Å². The van der Waals surface area contributed by atoms with Crippen LogP contribution in [-0.2, 0) is 9.31 Å². The summed E-state index contributed by atoms with van der Waals surface area (Å²) in [5.74, 6) is 2.82. The molecule has 0 aliphatic carbocycles. The lowest BCUT2D eigenvalue weighted by molar-refractivity contribution is 0.00578. The summed E-state index contributed by atoms with van der Waals surface area (Å²) < 4.78 is 17.0. The molecule has 2 heterocycles. The molecule has 1 aliphatic heterocycles. The first-order valence-corrected chi connectivity index (χ1v) is 6.89. The fourth-order valence-corrected chi connectivity index (χ4v) is 2.50. The molecule has 0 N–H and O–H groups in total. The molecule has 0 unspecified atom stereocenters. The number of methoxy groups -OCH3 is 1. The Morgan fingerprint density at radius 1 is 1.22 bits per heavy atom. The zero-order valence-corrected chi connectivity index (χ0v) is 12.3. The van der Waals surface area contributed by atoms with Crippen LogP contribution in [0.3, 0.4) is 0 Å². The molecule has 2 rings (SSSR count). The maximum atomic E-state index is 5.89. The minimum Gasteiger partial charge on any atom is -0.495 e. The van der Waals surface area contributed by atoms with Gasteiger partial charge in [0.05, 0.1) is 23.2 Å². The molecule has 1 saturated heterocycles. The van der Waals surface area contributed by atoms with Gasteiger partial charge in [0.15, 0.2) is 0 Å². The molecule has 1 aromatic heterocycles. The standard InChI is InChI=1S/C13H19BO3S/c1-12(2)13(3,4)17-14(16-12)8-6-11-10(15-5)7-9-18-11/h6-9H,1-5H3/b8-6+. The minimum atomic E-state index is -0.304. The van der Waals surface area contributed by atoms with Crippen molar-refractivity contribution < 1.29 is 14.0 Å². The van der Waals surface area contributed by atoms with Gasteiger partial charge in [0, 0.05) is 0 Å². The van der Waals surface area contributed by atoms with E-state index in [9.17, 15) is 0 Å². The average Bonchev–Trinajstić information content (AvgIpc) is 2.78. The minimum absolute atomic E-state index is 0.290. The molecule has 1 fully saturated rings. The van der Waals surface area contributed by atoms with Crippen molar-refractivity contribution in [2.75, 3.05) is 7.11 Å². The number of thiophene rings is 1. The third-order valence-corrected chi connectivity index (χ3v) is 4.42. The van der Waals surface area contributed by atoms with E-state index in [1.807, 2.05) is 51.2 Å². The summed E-state index contributed by atoms with van der Waals surface area (Å²) in [4.78, 5) is 1.08. The quantitative estimate of drug-likeness (QED) is 0.785. The van der Waals surface area contributed by atoms with Gasteiger partial charge in [0.1, 0.15) is 5.75 Å². The van der Waals surface area contributed by atoms with E-state index < -0.39 is 0 Å². The van der Waals surface area contributed by atoms with Gasteiger partial charge < -0.3 is 14.0 Å². The number of rotatable bonds is 3. The van der Waals surface area contributed by atoms with Crippen molar-refractivity contribution in [1.29, 1.82) is 0 Å². The van der Waals surface area contributed by atoms with E-state index >= 15 is 0 Å². The Morgan fingerprint density at radius 3 is 2.39 bits per heavy atom. The Morgan fingerprint density at radius 2 is 1.83 bits per heavy atom. The fraction of sp³-hybridized carbons (Fsp3) is 0.538. The largest absolute Gasteiger partial charge is 0.495 e. The molecule has 98 valence electrons. The topological polar surface area (TPSA) is 27.7 Å². The molecule has 0 amide bonds. The fourth-order valence-electron chi connectivity index (χ4n) is 1.73. The van der Waals surface area contributed by atoms with Crippen LogP contribution in [0, 0.1) is 0 Å². The third-order valence-electron chi connectivity index (χ3n) is 3.55. The van der Waals surface area contributed by atoms with Gasteiger partial charge in [0.25, 0.3) is 0 Å². The molecular formula is C13H19BO3S. The Balaban J connectivity index is 2.08. The molecule has 1 aromatic rings. The molecular weight excluding hydrogens is 247 g/mol. The molecule has 0 atom stereocenters. The number of hydrogen-bond acceptors (Lipinski definition) is 4. The van der Waals surface area contributed by atoms with Crippen molar-refractivity contribution in [2.24, 2.45) is 0 Å². The predicted molar refractivity (Wildman–Crippen MR) is 76.0 cm³/mol. The van der Waals surface area contributed by atoms with Crippen LogP contribution in [-0.4, -0.2) is 25.4 Å². The van der Waals surface area contributed by atoms with Crippen LogP contribution in [0.1, 0.15) is 32.6 Å². The van der Waals surface area contributed by atoms with E-state index in [2.05, 4.69) is 0 Å². The molecule has 0 spiro atoms. The highest BCUT2D eigenvalue weighted by molar-refractivity contribution is 7.11. The van der Waals surface area contributed by atoms with Crippen LogP contribution in [0.4, 0.5) is 0 Å². The van der Waals surface area contributed by atoms with Crippen molar-refractivity contribution in [1.82, 2.24) is 0 Å². The number of ether oxygens (including phenoxy) is 1. The summed E-state index contributed by atoms with van der Waals surface area (Å²) in [5, 5.41) is 2.00. The maximum absolute atomic E-state index is 5.89. The highest BCUT2D eigenvalue weighted by atomic mass is 32.1. The van der Waals surface area contributed by atoms with Crippen LogP contribution in [0.5, 0.6) is 5.75 Å². The monoisotopic (exact) mass is 266 g/mol. The molecule has 1 aliphatic rings. The lowest BCUT2D eigenvalue weighted by atomic mass is 9.90. The Bertz CT molecular complexity index is 435. The smallest absolute Gasteiger partial charge is 0.487 e. The molecule has 0 bridgehead atoms. The van der Waals surface area contributed by atoms with E-state index in [0.29, 0.717) is 0 Å². The first-order chi connectivity index (χ1) is 8.36. The second kappa shape index (κ2) is 4.72. The van der Waals surface area contributed by atoms with Crippen LogP contribution in [0.25, 0.3) is 6.08 Å². The summed E-state index contributed by atoms with van der Waals surface area (Å²) in [7, 11) is 1.37. The van der Waals surface area contributed by atoms with E-state index in [1.54, 1.807) is 18.4 Å².